The third kappa shape index (κ3) is 4.35. The van der Waals surface area contributed by atoms with E-state index >= 15 is 0 Å². The fourth-order valence-corrected chi connectivity index (χ4v) is 2.85. The van der Waals surface area contributed by atoms with Crippen molar-refractivity contribution in [3.63, 3.8) is 0 Å². The Hall–Kier alpha value is -1.88. The van der Waals surface area contributed by atoms with Crippen LogP contribution in [0.25, 0.3) is 0 Å². The van der Waals surface area contributed by atoms with Crippen LogP contribution in [0.5, 0.6) is 5.75 Å². The number of hydrogen-bond donors (Lipinski definition) is 0. The number of nitrogens with zero attached hydrogens (tertiary/aromatic N) is 1. The van der Waals surface area contributed by atoms with E-state index < -0.39 is 5.82 Å². The van der Waals surface area contributed by atoms with Gasteiger partial charge in [-0.3, -0.25) is 4.79 Å². The summed E-state index contributed by atoms with van der Waals surface area (Å²) in [6.45, 7) is 2.45. The van der Waals surface area contributed by atoms with Gasteiger partial charge in [0.15, 0.2) is 18.2 Å². The van der Waals surface area contributed by atoms with E-state index in [1.165, 1.54) is 17.7 Å². The average Bonchev–Trinajstić information content (AvgIpc) is 3.38. The minimum atomic E-state index is -0.478. The number of rotatable bonds is 6. The van der Waals surface area contributed by atoms with Gasteiger partial charge >= 0.3 is 0 Å². The summed E-state index contributed by atoms with van der Waals surface area (Å²) in [5, 5.41) is 0. The largest absolute Gasteiger partial charge is 0.481 e. The third-order valence-corrected chi connectivity index (χ3v) is 4.52. The molecular formula is C19H19BrFNO2. The van der Waals surface area contributed by atoms with Crippen LogP contribution in [0.3, 0.4) is 0 Å². The number of amides is 1. The lowest BCUT2D eigenvalue weighted by atomic mass is 10.1. The van der Waals surface area contributed by atoms with Crippen LogP contribution in [0, 0.1) is 12.7 Å². The van der Waals surface area contributed by atoms with Gasteiger partial charge in [-0.25, -0.2) is 4.39 Å². The minimum absolute atomic E-state index is 0.0950. The van der Waals surface area contributed by atoms with Crippen LogP contribution in [0.15, 0.2) is 46.9 Å². The van der Waals surface area contributed by atoms with Crippen LogP contribution in [0.2, 0.25) is 0 Å². The number of carbonyl (C=O) groups excluding carboxylic acids is 1. The van der Waals surface area contributed by atoms with Gasteiger partial charge in [-0.1, -0.05) is 45.8 Å². The number of halogens is 2. The summed E-state index contributed by atoms with van der Waals surface area (Å²) in [5.74, 6) is -0.494. The molecule has 1 aliphatic rings. The highest BCUT2D eigenvalue weighted by atomic mass is 79.9. The first-order valence-corrected chi connectivity index (χ1v) is 8.75. The van der Waals surface area contributed by atoms with E-state index in [1.807, 2.05) is 36.1 Å². The minimum Gasteiger partial charge on any atom is -0.481 e. The van der Waals surface area contributed by atoms with Gasteiger partial charge in [0.05, 0.1) is 0 Å². The Morgan fingerprint density at radius 2 is 1.96 bits per heavy atom. The molecule has 3 rings (SSSR count). The Morgan fingerprint density at radius 3 is 2.58 bits per heavy atom. The standard InChI is InChI=1S/C19H19BrFNO2/c1-13-2-4-14(5-3-13)11-22(16-7-8-16)19(23)12-24-18-9-6-15(20)10-17(18)21/h2-6,9-10,16H,7-8,11-12H2,1H3. The van der Waals surface area contributed by atoms with Gasteiger partial charge in [0.1, 0.15) is 0 Å². The molecule has 0 N–H and O–H groups in total. The van der Waals surface area contributed by atoms with Gasteiger partial charge in [0.2, 0.25) is 0 Å². The summed E-state index contributed by atoms with van der Waals surface area (Å²) in [7, 11) is 0. The second-order valence-electron chi connectivity index (χ2n) is 6.10. The van der Waals surface area contributed by atoms with Crippen molar-refractivity contribution < 1.29 is 13.9 Å². The van der Waals surface area contributed by atoms with Crippen LogP contribution in [0.4, 0.5) is 4.39 Å². The Kier molecular flexibility index (Phi) is 5.19. The lowest BCUT2D eigenvalue weighted by Crippen LogP contribution is -2.36. The molecule has 5 heteroatoms. The molecule has 2 aromatic rings. The van der Waals surface area contributed by atoms with Gasteiger partial charge in [-0.05, 0) is 43.5 Å². The van der Waals surface area contributed by atoms with Crippen molar-refractivity contribution in [1.82, 2.24) is 4.90 Å². The smallest absolute Gasteiger partial charge is 0.261 e. The van der Waals surface area contributed by atoms with E-state index in [4.69, 9.17) is 4.74 Å². The summed E-state index contributed by atoms with van der Waals surface area (Å²) < 4.78 is 19.8. The van der Waals surface area contributed by atoms with Crippen molar-refractivity contribution in [2.45, 2.75) is 32.4 Å². The normalized spacial score (nSPS) is 13.6. The maximum atomic E-state index is 13.8. The van der Waals surface area contributed by atoms with Crippen molar-refractivity contribution >= 4 is 21.8 Å². The second-order valence-corrected chi connectivity index (χ2v) is 7.02. The van der Waals surface area contributed by atoms with E-state index in [1.54, 1.807) is 6.07 Å². The highest BCUT2D eigenvalue weighted by Gasteiger charge is 2.32. The van der Waals surface area contributed by atoms with Gasteiger partial charge in [-0.2, -0.15) is 0 Å². The quantitative estimate of drug-likeness (QED) is 0.726. The van der Waals surface area contributed by atoms with E-state index in [2.05, 4.69) is 15.9 Å². The van der Waals surface area contributed by atoms with Crippen LogP contribution >= 0.6 is 15.9 Å². The molecule has 0 unspecified atom stereocenters. The molecule has 1 aliphatic carbocycles. The van der Waals surface area contributed by atoms with E-state index in [0.717, 1.165) is 18.4 Å². The van der Waals surface area contributed by atoms with E-state index in [9.17, 15) is 9.18 Å². The van der Waals surface area contributed by atoms with E-state index in [-0.39, 0.29) is 24.3 Å². The summed E-state index contributed by atoms with van der Waals surface area (Å²) in [5.41, 5.74) is 2.28. The molecule has 0 saturated heterocycles. The summed E-state index contributed by atoms with van der Waals surface area (Å²) in [4.78, 5) is 14.4. The molecule has 1 amide bonds. The molecule has 24 heavy (non-hydrogen) atoms. The van der Waals surface area contributed by atoms with Gasteiger partial charge in [0.25, 0.3) is 5.91 Å². The number of benzene rings is 2. The number of aryl methyl sites for hydroxylation is 1. The molecule has 2 aromatic carbocycles. The lowest BCUT2D eigenvalue weighted by molar-refractivity contribution is -0.134. The molecule has 0 bridgehead atoms. The van der Waals surface area contributed by atoms with Gasteiger partial charge in [-0.15, -0.1) is 0 Å². The molecule has 0 aliphatic heterocycles. The fourth-order valence-electron chi connectivity index (χ4n) is 2.51. The first-order valence-electron chi connectivity index (χ1n) is 7.96. The van der Waals surface area contributed by atoms with Gasteiger partial charge < -0.3 is 9.64 Å². The topological polar surface area (TPSA) is 29.5 Å². The zero-order valence-electron chi connectivity index (χ0n) is 13.5. The van der Waals surface area contributed by atoms with Crippen LogP contribution in [-0.2, 0) is 11.3 Å². The predicted molar refractivity (Wildman–Crippen MR) is 94.3 cm³/mol. The molecule has 1 fully saturated rings. The van der Waals surface area contributed by atoms with Crippen molar-refractivity contribution in [2.24, 2.45) is 0 Å². The average molecular weight is 392 g/mol. The van der Waals surface area contributed by atoms with Crippen molar-refractivity contribution in [2.75, 3.05) is 6.61 Å². The molecule has 0 atom stereocenters. The first-order chi connectivity index (χ1) is 11.5. The van der Waals surface area contributed by atoms with E-state index in [0.29, 0.717) is 11.0 Å². The molecule has 3 nitrogen and oxygen atoms in total. The molecular weight excluding hydrogens is 373 g/mol. The highest BCUT2D eigenvalue weighted by Crippen LogP contribution is 2.29. The monoisotopic (exact) mass is 391 g/mol. The molecule has 0 aromatic heterocycles. The maximum absolute atomic E-state index is 13.8. The molecule has 0 heterocycles. The molecule has 126 valence electrons. The number of carbonyl (C=O) groups is 1. The fraction of sp³-hybridized carbons (Fsp3) is 0.316. The van der Waals surface area contributed by atoms with Crippen LogP contribution in [0.1, 0.15) is 24.0 Å². The third-order valence-electron chi connectivity index (χ3n) is 4.03. The Balaban J connectivity index is 1.63. The summed E-state index contributed by atoms with van der Waals surface area (Å²) >= 11 is 3.20. The Labute approximate surface area is 149 Å². The highest BCUT2D eigenvalue weighted by molar-refractivity contribution is 9.10. The van der Waals surface area contributed by atoms with Crippen molar-refractivity contribution in [3.8, 4) is 5.75 Å². The Morgan fingerprint density at radius 1 is 1.25 bits per heavy atom. The van der Waals surface area contributed by atoms with Crippen molar-refractivity contribution in [1.29, 1.82) is 0 Å². The number of hydrogen-bond acceptors (Lipinski definition) is 2. The first kappa shape index (κ1) is 17.0. The van der Waals surface area contributed by atoms with Gasteiger partial charge in [0, 0.05) is 17.1 Å². The van der Waals surface area contributed by atoms with Crippen molar-refractivity contribution in [3.05, 3.63) is 63.9 Å². The van der Waals surface area contributed by atoms with Crippen LogP contribution < -0.4 is 4.74 Å². The second kappa shape index (κ2) is 7.34. The van der Waals surface area contributed by atoms with Crippen LogP contribution in [-0.4, -0.2) is 23.5 Å². The predicted octanol–water partition coefficient (Wildman–Crippen LogP) is 4.47. The zero-order chi connectivity index (χ0) is 17.1. The molecule has 0 radical (unpaired) electrons. The maximum Gasteiger partial charge on any atom is 0.261 e. The summed E-state index contributed by atoms with van der Waals surface area (Å²) in [6, 6.07) is 13.0. The number of ether oxygens (including phenoxy) is 1. The molecule has 0 spiro atoms. The zero-order valence-corrected chi connectivity index (χ0v) is 15.1. The SMILES string of the molecule is Cc1ccc(CN(C(=O)COc2ccc(Br)cc2F)C2CC2)cc1. The summed E-state index contributed by atoms with van der Waals surface area (Å²) in [6.07, 6.45) is 2.04. The Bertz CT molecular complexity index is 729. The lowest BCUT2D eigenvalue weighted by Gasteiger charge is -2.23. The molecule has 1 saturated carbocycles.